The van der Waals surface area contributed by atoms with Crippen molar-refractivity contribution < 1.29 is 14.3 Å². The van der Waals surface area contributed by atoms with Gasteiger partial charge in [-0.1, -0.05) is 62.6 Å². The summed E-state index contributed by atoms with van der Waals surface area (Å²) in [6.45, 7) is 4.49. The number of carbonyl (C=O) groups is 2. The van der Waals surface area contributed by atoms with Crippen LogP contribution in [0, 0.1) is 6.92 Å². The van der Waals surface area contributed by atoms with Crippen LogP contribution in [0.4, 0.5) is 0 Å². The predicted octanol–water partition coefficient (Wildman–Crippen LogP) is 5.49. The van der Waals surface area contributed by atoms with Crippen LogP contribution in [0.5, 0.6) is 5.75 Å². The summed E-state index contributed by atoms with van der Waals surface area (Å²) >= 11 is 1.61. The number of methoxy groups -OCH3 is 1. The summed E-state index contributed by atoms with van der Waals surface area (Å²) in [6, 6.07) is 15.7. The second-order valence-corrected chi connectivity index (χ2v) is 10.0. The normalized spacial score (nSPS) is 14.9. The molecule has 2 amide bonds. The first-order valence-electron chi connectivity index (χ1n) is 12.4. The fourth-order valence-electron chi connectivity index (χ4n) is 4.49. The molecule has 0 spiro atoms. The molecule has 0 heterocycles. The molecule has 0 aromatic heterocycles. The highest BCUT2D eigenvalue weighted by molar-refractivity contribution is 7.99. The first-order chi connectivity index (χ1) is 16.5. The fourth-order valence-corrected chi connectivity index (χ4v) is 5.48. The van der Waals surface area contributed by atoms with E-state index < -0.39 is 6.04 Å². The summed E-state index contributed by atoms with van der Waals surface area (Å²) in [6.07, 6.45) is 6.20. The van der Waals surface area contributed by atoms with E-state index in [1.54, 1.807) is 23.8 Å². The topological polar surface area (TPSA) is 58.6 Å². The Bertz CT molecular complexity index is 926. The third kappa shape index (κ3) is 7.52. The van der Waals surface area contributed by atoms with Crippen molar-refractivity contribution in [1.82, 2.24) is 10.2 Å². The van der Waals surface area contributed by atoms with Gasteiger partial charge in [0.05, 0.1) is 12.9 Å². The number of nitrogens with one attached hydrogen (secondary N) is 1. The number of thioether (sulfide) groups is 1. The first-order valence-corrected chi connectivity index (χ1v) is 13.5. The van der Waals surface area contributed by atoms with Gasteiger partial charge >= 0.3 is 0 Å². The van der Waals surface area contributed by atoms with Crippen LogP contribution in [-0.2, 0) is 21.9 Å². The molecule has 0 bridgehead atoms. The van der Waals surface area contributed by atoms with E-state index >= 15 is 0 Å². The minimum absolute atomic E-state index is 0.0000430. The van der Waals surface area contributed by atoms with Crippen LogP contribution in [0.1, 0.15) is 62.1 Å². The van der Waals surface area contributed by atoms with Crippen LogP contribution in [0.3, 0.4) is 0 Å². The third-order valence-corrected chi connectivity index (χ3v) is 7.56. The van der Waals surface area contributed by atoms with E-state index in [9.17, 15) is 9.59 Å². The monoisotopic (exact) mass is 482 g/mol. The minimum Gasteiger partial charge on any atom is -0.497 e. The summed E-state index contributed by atoms with van der Waals surface area (Å²) in [5.74, 6) is 1.87. The van der Waals surface area contributed by atoms with Crippen molar-refractivity contribution in [3.63, 3.8) is 0 Å². The van der Waals surface area contributed by atoms with E-state index in [2.05, 4.69) is 24.4 Å². The highest BCUT2D eigenvalue weighted by atomic mass is 32.2. The van der Waals surface area contributed by atoms with E-state index in [-0.39, 0.29) is 17.9 Å². The Morgan fingerprint density at radius 1 is 1.09 bits per heavy atom. The lowest BCUT2D eigenvalue weighted by Gasteiger charge is -2.32. The van der Waals surface area contributed by atoms with Crippen LogP contribution < -0.4 is 10.1 Å². The number of amides is 2. The van der Waals surface area contributed by atoms with Crippen LogP contribution in [0.2, 0.25) is 0 Å². The van der Waals surface area contributed by atoms with E-state index in [1.807, 2.05) is 43.3 Å². The SMILES string of the molecule is CC[C@@H](C(=O)NC1CCCCC1)N(Cc1ccc(OC)cc1)C(=O)CSCc1ccccc1C. The maximum atomic E-state index is 13.4. The lowest BCUT2D eigenvalue weighted by Crippen LogP contribution is -2.52. The molecule has 3 rings (SSSR count). The zero-order valence-corrected chi connectivity index (χ0v) is 21.5. The number of benzene rings is 2. The molecule has 5 nitrogen and oxygen atoms in total. The molecule has 1 aliphatic carbocycles. The van der Waals surface area contributed by atoms with Crippen molar-refractivity contribution in [2.45, 2.75) is 76.8 Å². The van der Waals surface area contributed by atoms with Gasteiger partial charge in [-0.2, -0.15) is 0 Å². The largest absolute Gasteiger partial charge is 0.497 e. The highest BCUT2D eigenvalue weighted by Gasteiger charge is 2.30. The zero-order valence-electron chi connectivity index (χ0n) is 20.7. The molecule has 1 fully saturated rings. The molecule has 1 saturated carbocycles. The van der Waals surface area contributed by atoms with Crippen LogP contribution in [0.15, 0.2) is 48.5 Å². The molecule has 184 valence electrons. The van der Waals surface area contributed by atoms with E-state index in [4.69, 9.17) is 4.74 Å². The molecule has 34 heavy (non-hydrogen) atoms. The van der Waals surface area contributed by atoms with Crippen molar-refractivity contribution in [1.29, 1.82) is 0 Å². The minimum atomic E-state index is -0.476. The highest BCUT2D eigenvalue weighted by Crippen LogP contribution is 2.22. The number of carbonyl (C=O) groups excluding carboxylic acids is 2. The van der Waals surface area contributed by atoms with Gasteiger partial charge < -0.3 is 15.0 Å². The molecule has 1 aliphatic rings. The van der Waals surface area contributed by atoms with Crippen molar-refractivity contribution in [2.75, 3.05) is 12.9 Å². The molecule has 0 aliphatic heterocycles. The number of rotatable bonds is 11. The zero-order chi connectivity index (χ0) is 24.3. The van der Waals surface area contributed by atoms with Crippen LogP contribution >= 0.6 is 11.8 Å². The number of aryl methyl sites for hydroxylation is 1. The van der Waals surface area contributed by atoms with Gasteiger partial charge in [0, 0.05) is 18.3 Å². The Morgan fingerprint density at radius 3 is 2.44 bits per heavy atom. The van der Waals surface area contributed by atoms with Crippen LogP contribution in [0.25, 0.3) is 0 Å². The van der Waals surface area contributed by atoms with E-state index in [0.29, 0.717) is 18.7 Å². The van der Waals surface area contributed by atoms with Crippen molar-refractivity contribution in [3.8, 4) is 5.75 Å². The Hall–Kier alpha value is -2.47. The number of ether oxygens (including phenoxy) is 1. The van der Waals surface area contributed by atoms with E-state index in [1.165, 1.54) is 17.5 Å². The lowest BCUT2D eigenvalue weighted by atomic mass is 9.95. The summed E-state index contributed by atoms with van der Waals surface area (Å²) in [7, 11) is 1.64. The van der Waals surface area contributed by atoms with Gasteiger partial charge in [-0.3, -0.25) is 9.59 Å². The Kier molecular flexibility index (Phi) is 10.3. The van der Waals surface area contributed by atoms with Crippen molar-refractivity contribution >= 4 is 23.6 Å². The summed E-state index contributed by atoms with van der Waals surface area (Å²) in [4.78, 5) is 28.5. The molecule has 0 unspecified atom stereocenters. The lowest BCUT2D eigenvalue weighted by molar-refractivity contribution is -0.139. The Labute approximate surface area is 208 Å². The maximum absolute atomic E-state index is 13.4. The molecule has 2 aromatic rings. The van der Waals surface area contributed by atoms with Crippen molar-refractivity contribution in [3.05, 3.63) is 65.2 Å². The summed E-state index contributed by atoms with van der Waals surface area (Å²) in [5, 5.41) is 3.24. The third-order valence-electron chi connectivity index (χ3n) is 6.59. The van der Waals surface area contributed by atoms with Gasteiger partial charge in [0.1, 0.15) is 11.8 Å². The molecule has 0 saturated heterocycles. The first kappa shape index (κ1) is 26.1. The van der Waals surface area contributed by atoms with Gasteiger partial charge in [-0.15, -0.1) is 11.8 Å². The number of nitrogens with zero attached hydrogens (tertiary/aromatic N) is 1. The summed E-state index contributed by atoms with van der Waals surface area (Å²) in [5.41, 5.74) is 3.46. The van der Waals surface area contributed by atoms with Crippen molar-refractivity contribution in [2.24, 2.45) is 0 Å². The molecule has 0 radical (unpaired) electrons. The number of hydrogen-bond donors (Lipinski definition) is 1. The standard InChI is InChI=1S/C28H38N2O3S/c1-4-26(28(32)29-24-12-6-5-7-13-24)30(18-22-14-16-25(33-3)17-15-22)27(31)20-34-19-23-11-9-8-10-21(23)2/h8-11,14-17,24,26H,4-7,12-13,18-20H2,1-3H3,(H,29,32)/t26-/m0/s1. The van der Waals surface area contributed by atoms with Gasteiger partial charge in [0.25, 0.3) is 0 Å². The average Bonchev–Trinajstić information content (AvgIpc) is 2.86. The Balaban J connectivity index is 1.71. The van der Waals surface area contributed by atoms with Gasteiger partial charge in [0.2, 0.25) is 11.8 Å². The molecular weight excluding hydrogens is 444 g/mol. The summed E-state index contributed by atoms with van der Waals surface area (Å²) < 4.78 is 5.27. The Morgan fingerprint density at radius 2 is 1.79 bits per heavy atom. The quantitative estimate of drug-likeness (QED) is 0.460. The molecule has 1 N–H and O–H groups in total. The predicted molar refractivity (Wildman–Crippen MR) is 140 cm³/mol. The maximum Gasteiger partial charge on any atom is 0.243 e. The second kappa shape index (κ2) is 13.4. The fraction of sp³-hybridized carbons (Fsp3) is 0.500. The van der Waals surface area contributed by atoms with Gasteiger partial charge in [0.15, 0.2) is 0 Å². The second-order valence-electron chi connectivity index (χ2n) is 9.06. The van der Waals surface area contributed by atoms with Gasteiger partial charge in [-0.25, -0.2) is 0 Å². The molecular formula is C28H38N2O3S. The van der Waals surface area contributed by atoms with Gasteiger partial charge in [-0.05, 0) is 55.0 Å². The average molecular weight is 483 g/mol. The van der Waals surface area contributed by atoms with Crippen LogP contribution in [-0.4, -0.2) is 41.7 Å². The van der Waals surface area contributed by atoms with E-state index in [0.717, 1.165) is 42.7 Å². The smallest absolute Gasteiger partial charge is 0.243 e. The number of hydrogen-bond acceptors (Lipinski definition) is 4. The molecule has 6 heteroatoms. The molecule has 2 aromatic carbocycles. The molecule has 1 atom stereocenters.